The maximum Gasteiger partial charge on any atom is 0.296 e. The Kier molecular flexibility index (Phi) is 6.49. The van der Waals surface area contributed by atoms with Crippen molar-refractivity contribution >= 4 is 38.4 Å². The molecule has 5 rings (SSSR count). The Labute approximate surface area is 214 Å². The number of aliphatic hydroxyl groups is 1. The monoisotopic (exact) mass is 520 g/mol. The maximum absolute atomic E-state index is 13.8. The summed E-state index contributed by atoms with van der Waals surface area (Å²) in [5.74, 6) is -1.84. The number of fused-ring (bicyclic) bond motifs is 1. The fraction of sp³-hybridized carbons (Fsp3) is 0.148. The summed E-state index contributed by atoms with van der Waals surface area (Å²) >= 11 is 1.07. The smallest absolute Gasteiger partial charge is 0.296 e. The summed E-state index contributed by atoms with van der Waals surface area (Å²) in [6.07, 6.45) is 2.92. The normalized spacial score (nSPS) is 15.5. The van der Waals surface area contributed by atoms with Crippen molar-refractivity contribution in [2.75, 3.05) is 18.1 Å². The molecule has 0 saturated carbocycles. The Hall–Kier alpha value is -4.44. The number of benzene rings is 2. The molecule has 0 radical (unpaired) electrons. The fourth-order valence-corrected chi connectivity index (χ4v) is 5.13. The Morgan fingerprint density at radius 3 is 2.81 bits per heavy atom. The summed E-state index contributed by atoms with van der Waals surface area (Å²) in [5, 5.41) is 11.1. The lowest BCUT2D eigenvalue weighted by atomic mass is 9.95. The van der Waals surface area contributed by atoms with Gasteiger partial charge in [0, 0.05) is 0 Å². The van der Waals surface area contributed by atoms with E-state index in [1.807, 2.05) is 6.92 Å². The van der Waals surface area contributed by atoms with E-state index in [1.165, 1.54) is 41.5 Å². The molecule has 0 aliphatic carbocycles. The van der Waals surface area contributed by atoms with Gasteiger partial charge in [0.25, 0.3) is 5.91 Å². The highest BCUT2D eigenvalue weighted by molar-refractivity contribution is 7.22. The van der Waals surface area contributed by atoms with Gasteiger partial charge in [-0.3, -0.25) is 14.5 Å². The number of ether oxygens (including phenoxy) is 2. The van der Waals surface area contributed by atoms with Crippen LogP contribution < -0.4 is 14.4 Å². The third-order valence-corrected chi connectivity index (χ3v) is 6.70. The van der Waals surface area contributed by atoms with E-state index >= 15 is 0 Å². The van der Waals surface area contributed by atoms with Crippen molar-refractivity contribution in [3.8, 4) is 11.5 Å². The molecule has 1 unspecified atom stereocenters. The van der Waals surface area contributed by atoms with Gasteiger partial charge in [0.2, 0.25) is 5.78 Å². The highest BCUT2D eigenvalue weighted by Crippen LogP contribution is 2.45. The molecule has 1 amide bonds. The summed E-state index contributed by atoms with van der Waals surface area (Å²) in [6.45, 7) is 6.05. The number of halogens is 1. The van der Waals surface area contributed by atoms with Crippen LogP contribution in [-0.2, 0) is 4.79 Å². The average Bonchev–Trinajstić information content (AvgIpc) is 3.62. The van der Waals surface area contributed by atoms with Crippen LogP contribution in [0.4, 0.5) is 9.52 Å². The number of hydrogen-bond acceptors (Lipinski definition) is 8. The van der Waals surface area contributed by atoms with Crippen LogP contribution in [0, 0.1) is 5.82 Å². The first-order valence-electron chi connectivity index (χ1n) is 11.3. The van der Waals surface area contributed by atoms with Crippen molar-refractivity contribution in [2.24, 2.45) is 0 Å². The van der Waals surface area contributed by atoms with Gasteiger partial charge in [-0.2, -0.15) is 0 Å². The Morgan fingerprint density at radius 2 is 2.08 bits per heavy atom. The van der Waals surface area contributed by atoms with Crippen molar-refractivity contribution in [1.29, 1.82) is 0 Å². The first kappa shape index (κ1) is 24.3. The predicted octanol–water partition coefficient (Wildman–Crippen LogP) is 5.77. The number of hydrogen-bond donors (Lipinski definition) is 1. The van der Waals surface area contributed by atoms with Crippen LogP contribution in [0.2, 0.25) is 0 Å². The van der Waals surface area contributed by atoms with E-state index in [0.29, 0.717) is 33.9 Å². The van der Waals surface area contributed by atoms with Gasteiger partial charge in [-0.1, -0.05) is 30.1 Å². The Bertz CT molecular complexity index is 1540. The zero-order chi connectivity index (χ0) is 26.1. The molecule has 4 aromatic rings. The molecule has 1 atom stereocenters. The molecule has 188 valence electrons. The molecule has 37 heavy (non-hydrogen) atoms. The second-order valence-corrected chi connectivity index (χ2v) is 9.00. The highest BCUT2D eigenvalue weighted by Gasteiger charge is 2.46. The molecule has 1 aliphatic rings. The van der Waals surface area contributed by atoms with Crippen LogP contribution in [0.1, 0.15) is 29.1 Å². The number of aliphatic hydroxyl groups excluding tert-OH is 1. The number of amides is 1. The van der Waals surface area contributed by atoms with E-state index in [0.717, 1.165) is 11.3 Å². The van der Waals surface area contributed by atoms with E-state index in [2.05, 4.69) is 11.6 Å². The lowest BCUT2D eigenvalue weighted by Crippen LogP contribution is -2.31. The average molecular weight is 521 g/mol. The van der Waals surface area contributed by atoms with Crippen LogP contribution in [0.25, 0.3) is 10.2 Å². The van der Waals surface area contributed by atoms with Crippen molar-refractivity contribution < 1.29 is 33.0 Å². The van der Waals surface area contributed by atoms with Crippen molar-refractivity contribution in [3.63, 3.8) is 0 Å². The zero-order valence-corrected chi connectivity index (χ0v) is 20.5. The molecular formula is C27H21FN2O6S. The van der Waals surface area contributed by atoms with Gasteiger partial charge in [-0.05, 0) is 55.0 Å². The highest BCUT2D eigenvalue weighted by atomic mass is 32.1. The molecule has 1 N–H and O–H groups in total. The number of carbonyl (C=O) groups excluding carboxylic acids is 2. The number of Topliss-reactive ketones (excluding diaryl/α,β-unsaturated/α-hetero) is 1. The van der Waals surface area contributed by atoms with E-state index in [9.17, 15) is 19.1 Å². The fourth-order valence-electron chi connectivity index (χ4n) is 4.11. The van der Waals surface area contributed by atoms with Crippen molar-refractivity contribution in [2.45, 2.75) is 13.0 Å². The second kappa shape index (κ2) is 9.90. The molecule has 2 aromatic heterocycles. The second-order valence-electron chi connectivity index (χ2n) is 7.99. The van der Waals surface area contributed by atoms with Crippen molar-refractivity contribution in [3.05, 3.63) is 95.9 Å². The van der Waals surface area contributed by atoms with Gasteiger partial charge in [-0.15, -0.1) is 0 Å². The predicted molar refractivity (Wildman–Crippen MR) is 136 cm³/mol. The number of rotatable bonds is 9. The summed E-state index contributed by atoms with van der Waals surface area (Å²) in [6, 6.07) is 11.0. The van der Waals surface area contributed by atoms with Crippen LogP contribution in [0.5, 0.6) is 11.5 Å². The van der Waals surface area contributed by atoms with Crippen molar-refractivity contribution in [1.82, 2.24) is 4.98 Å². The summed E-state index contributed by atoms with van der Waals surface area (Å²) in [7, 11) is 0. The first-order chi connectivity index (χ1) is 17.9. The largest absolute Gasteiger partial charge is 0.503 e. The number of anilines is 1. The van der Waals surface area contributed by atoms with Crippen LogP contribution in [0.15, 0.2) is 83.2 Å². The van der Waals surface area contributed by atoms with Crippen LogP contribution in [0.3, 0.4) is 0 Å². The van der Waals surface area contributed by atoms with E-state index < -0.39 is 29.3 Å². The van der Waals surface area contributed by atoms with E-state index in [-0.39, 0.29) is 23.1 Å². The molecule has 0 fully saturated rings. The lowest BCUT2D eigenvalue weighted by Gasteiger charge is -2.25. The van der Waals surface area contributed by atoms with Gasteiger partial charge in [0.05, 0.1) is 34.7 Å². The zero-order valence-electron chi connectivity index (χ0n) is 19.6. The quantitative estimate of drug-likeness (QED) is 0.221. The van der Waals surface area contributed by atoms with Crippen LogP contribution in [-0.4, -0.2) is 35.0 Å². The first-order valence-corrected chi connectivity index (χ1v) is 12.2. The molecule has 0 bridgehead atoms. The Balaban J connectivity index is 1.67. The third kappa shape index (κ3) is 4.36. The number of thiazole rings is 1. The molecule has 1 aliphatic heterocycles. The molecular weight excluding hydrogens is 499 g/mol. The van der Waals surface area contributed by atoms with Gasteiger partial charge in [0.15, 0.2) is 28.1 Å². The topological polar surface area (TPSA) is 102 Å². The summed E-state index contributed by atoms with van der Waals surface area (Å²) in [4.78, 5) is 32.5. The Morgan fingerprint density at radius 1 is 1.24 bits per heavy atom. The molecule has 10 heteroatoms. The van der Waals surface area contributed by atoms with E-state index in [1.54, 1.807) is 24.3 Å². The summed E-state index contributed by atoms with van der Waals surface area (Å²) in [5.41, 5.74) is 0.765. The summed E-state index contributed by atoms with van der Waals surface area (Å²) < 4.78 is 31.1. The van der Waals surface area contributed by atoms with Crippen LogP contribution >= 0.6 is 11.3 Å². The SMILES string of the molecule is C=CCOc1ccc(C2C(C(=O)c3ccco3)=C(O)C(=O)N2c2nc3ccc(F)cc3s2)cc1OCC. The molecule has 2 aromatic carbocycles. The standard InChI is InChI=1S/C27H21FN2O6S/c1-3-11-35-18-10-7-15(13-20(18)34-4-2)23-22(24(31)19-6-5-12-36-19)25(32)26(33)30(23)27-29-17-9-8-16(28)14-21(17)37-27/h3,5-10,12-14,23,32H,1,4,11H2,2H3. The third-order valence-electron chi connectivity index (χ3n) is 5.68. The van der Waals surface area contributed by atoms with Gasteiger partial charge < -0.3 is 19.0 Å². The number of ketones is 1. The lowest BCUT2D eigenvalue weighted by molar-refractivity contribution is -0.117. The van der Waals surface area contributed by atoms with Gasteiger partial charge >= 0.3 is 0 Å². The van der Waals surface area contributed by atoms with E-state index in [4.69, 9.17) is 13.9 Å². The number of aromatic nitrogens is 1. The molecule has 0 saturated heterocycles. The molecule has 0 spiro atoms. The maximum atomic E-state index is 13.8. The minimum absolute atomic E-state index is 0.0384. The van der Waals surface area contributed by atoms with Gasteiger partial charge in [0.1, 0.15) is 12.4 Å². The number of furan rings is 1. The molecule has 3 heterocycles. The number of nitrogens with zero attached hydrogens (tertiary/aromatic N) is 2. The van der Waals surface area contributed by atoms with Gasteiger partial charge in [-0.25, -0.2) is 9.37 Å². The number of carbonyl (C=O) groups is 2. The molecule has 8 nitrogen and oxygen atoms in total. The minimum atomic E-state index is -1.07. The minimum Gasteiger partial charge on any atom is -0.503 e.